The lowest BCUT2D eigenvalue weighted by Gasteiger charge is -2.23. The number of ether oxygens (including phenoxy) is 1. The van der Waals surface area contributed by atoms with E-state index in [2.05, 4.69) is 5.32 Å². The molecule has 0 fully saturated rings. The number of carbonyl (C=O) groups excluding carboxylic acids is 1. The van der Waals surface area contributed by atoms with Crippen LogP contribution in [0.15, 0.2) is 42.5 Å². The summed E-state index contributed by atoms with van der Waals surface area (Å²) < 4.78 is 5.21. The van der Waals surface area contributed by atoms with Gasteiger partial charge in [0, 0.05) is 6.04 Å². The average molecular weight is 329 g/mol. The van der Waals surface area contributed by atoms with Crippen LogP contribution >= 0.6 is 0 Å². The number of rotatable bonds is 5. The zero-order valence-electron chi connectivity index (χ0n) is 14.2. The highest BCUT2D eigenvalue weighted by Gasteiger charge is 2.21. The molecule has 0 aromatic heterocycles. The Bertz CT molecular complexity index is 733. The molecule has 24 heavy (non-hydrogen) atoms. The van der Waals surface area contributed by atoms with E-state index in [1.807, 2.05) is 42.5 Å². The Balaban J connectivity index is 2.11. The average Bonchev–Trinajstić information content (AvgIpc) is 2.44. The van der Waals surface area contributed by atoms with Gasteiger partial charge in [0.1, 0.15) is 5.60 Å². The molecule has 0 aliphatic carbocycles. The van der Waals surface area contributed by atoms with Gasteiger partial charge in [0.2, 0.25) is 0 Å². The first kappa shape index (κ1) is 17.8. The van der Waals surface area contributed by atoms with Gasteiger partial charge in [-0.1, -0.05) is 42.5 Å². The van der Waals surface area contributed by atoms with Crippen molar-refractivity contribution in [3.8, 4) is 0 Å². The number of carboxylic acids is 1. The van der Waals surface area contributed by atoms with E-state index in [-0.39, 0.29) is 6.42 Å². The van der Waals surface area contributed by atoms with Crippen molar-refractivity contribution in [2.75, 3.05) is 0 Å². The van der Waals surface area contributed by atoms with Crippen LogP contribution in [-0.2, 0) is 16.0 Å². The molecule has 0 radical (unpaired) electrons. The van der Waals surface area contributed by atoms with E-state index in [4.69, 9.17) is 9.84 Å². The fourth-order valence-electron chi connectivity index (χ4n) is 2.51. The first-order valence-electron chi connectivity index (χ1n) is 7.92. The lowest BCUT2D eigenvalue weighted by Crippen LogP contribution is -2.41. The maximum Gasteiger partial charge on any atom is 0.407 e. The molecule has 0 heterocycles. The number of nitrogens with one attached hydrogen (secondary N) is 1. The summed E-state index contributed by atoms with van der Waals surface area (Å²) in [7, 11) is 0. The van der Waals surface area contributed by atoms with Crippen molar-refractivity contribution in [2.45, 2.75) is 45.3 Å². The Labute approximate surface area is 141 Å². The quantitative estimate of drug-likeness (QED) is 0.876. The van der Waals surface area contributed by atoms with Gasteiger partial charge in [-0.3, -0.25) is 4.79 Å². The summed E-state index contributed by atoms with van der Waals surface area (Å²) in [5.74, 6) is -0.961. The minimum atomic E-state index is -0.961. The molecule has 0 spiro atoms. The molecule has 5 nitrogen and oxygen atoms in total. The maximum atomic E-state index is 11.9. The van der Waals surface area contributed by atoms with Gasteiger partial charge in [-0.2, -0.15) is 0 Å². The van der Waals surface area contributed by atoms with Crippen LogP contribution < -0.4 is 5.32 Å². The van der Waals surface area contributed by atoms with Crippen molar-refractivity contribution < 1.29 is 19.4 Å². The normalized spacial score (nSPS) is 12.6. The van der Waals surface area contributed by atoms with Crippen LogP contribution in [0, 0.1) is 0 Å². The second-order valence-corrected chi connectivity index (χ2v) is 6.83. The zero-order valence-corrected chi connectivity index (χ0v) is 14.2. The third-order valence-corrected chi connectivity index (χ3v) is 3.44. The maximum absolute atomic E-state index is 11.9. The van der Waals surface area contributed by atoms with Crippen LogP contribution in [0.4, 0.5) is 4.79 Å². The fourth-order valence-corrected chi connectivity index (χ4v) is 2.51. The number of hydrogen-bond acceptors (Lipinski definition) is 3. The molecule has 1 amide bonds. The molecule has 2 aromatic carbocycles. The Kier molecular flexibility index (Phi) is 5.44. The number of benzene rings is 2. The molecular weight excluding hydrogens is 306 g/mol. The van der Waals surface area contributed by atoms with Crippen molar-refractivity contribution in [1.82, 2.24) is 5.32 Å². The number of aliphatic carboxylic acids is 1. The summed E-state index contributed by atoms with van der Waals surface area (Å²) in [4.78, 5) is 23.0. The number of carbonyl (C=O) groups is 2. The summed E-state index contributed by atoms with van der Waals surface area (Å²) in [5, 5.41) is 14.0. The molecule has 2 rings (SSSR count). The van der Waals surface area contributed by atoms with Crippen molar-refractivity contribution in [3.63, 3.8) is 0 Å². The van der Waals surface area contributed by atoms with Gasteiger partial charge in [0.05, 0.1) is 6.42 Å². The van der Waals surface area contributed by atoms with E-state index in [0.717, 1.165) is 16.3 Å². The van der Waals surface area contributed by atoms with Gasteiger partial charge in [-0.05, 0) is 43.5 Å². The van der Waals surface area contributed by atoms with E-state index in [1.165, 1.54) is 0 Å². The molecule has 0 unspecified atom stereocenters. The highest BCUT2D eigenvalue weighted by molar-refractivity contribution is 5.83. The number of carboxylic acid groups (broad SMARTS) is 1. The molecule has 0 aliphatic heterocycles. The number of fused-ring (bicyclic) bond motifs is 1. The van der Waals surface area contributed by atoms with Gasteiger partial charge in [-0.25, -0.2) is 4.79 Å². The highest BCUT2D eigenvalue weighted by atomic mass is 16.6. The molecule has 1 atom stereocenters. The van der Waals surface area contributed by atoms with Gasteiger partial charge in [0.15, 0.2) is 0 Å². The lowest BCUT2D eigenvalue weighted by atomic mass is 10.00. The second-order valence-electron chi connectivity index (χ2n) is 6.83. The summed E-state index contributed by atoms with van der Waals surface area (Å²) >= 11 is 0. The second kappa shape index (κ2) is 7.34. The van der Waals surface area contributed by atoms with Crippen LogP contribution in [0.2, 0.25) is 0 Å². The monoisotopic (exact) mass is 329 g/mol. The lowest BCUT2D eigenvalue weighted by molar-refractivity contribution is -0.137. The van der Waals surface area contributed by atoms with E-state index in [9.17, 15) is 9.59 Å². The van der Waals surface area contributed by atoms with Gasteiger partial charge < -0.3 is 15.2 Å². The number of alkyl carbamates (subject to hydrolysis) is 1. The first-order chi connectivity index (χ1) is 11.2. The van der Waals surface area contributed by atoms with E-state index in [1.54, 1.807) is 20.8 Å². The molecule has 0 aliphatic rings. The SMILES string of the molecule is CC(C)(C)OC(=O)N[C@@H](CC(=O)O)Cc1ccc2ccccc2c1. The van der Waals surface area contributed by atoms with Crippen LogP contribution in [0.1, 0.15) is 32.8 Å². The largest absolute Gasteiger partial charge is 0.481 e. The first-order valence-corrected chi connectivity index (χ1v) is 7.92. The van der Waals surface area contributed by atoms with Crippen molar-refractivity contribution >= 4 is 22.8 Å². The highest BCUT2D eigenvalue weighted by Crippen LogP contribution is 2.17. The summed E-state index contributed by atoms with van der Waals surface area (Å²) in [5.41, 5.74) is 0.344. The standard InChI is InChI=1S/C19H23NO4/c1-19(2,3)24-18(23)20-16(12-17(21)22)11-13-8-9-14-6-4-5-7-15(14)10-13/h4-10,16H,11-12H2,1-3H3,(H,20,23)(H,21,22)/t16-/m1/s1. The predicted octanol–water partition coefficient (Wildman–Crippen LogP) is 3.75. The Hall–Kier alpha value is -2.56. The smallest absolute Gasteiger partial charge is 0.407 e. The minimum absolute atomic E-state index is 0.161. The number of hydrogen-bond donors (Lipinski definition) is 2. The van der Waals surface area contributed by atoms with Gasteiger partial charge in [-0.15, -0.1) is 0 Å². The Morgan fingerprint density at radius 3 is 2.42 bits per heavy atom. The van der Waals surface area contributed by atoms with Crippen LogP contribution in [0.3, 0.4) is 0 Å². The molecule has 2 aromatic rings. The Morgan fingerprint density at radius 2 is 1.79 bits per heavy atom. The molecule has 0 saturated heterocycles. The van der Waals surface area contributed by atoms with Crippen LogP contribution in [0.5, 0.6) is 0 Å². The fraction of sp³-hybridized carbons (Fsp3) is 0.368. The van der Waals surface area contributed by atoms with E-state index < -0.39 is 23.7 Å². The van der Waals surface area contributed by atoms with Gasteiger partial charge >= 0.3 is 12.1 Å². The zero-order chi connectivity index (χ0) is 17.7. The summed E-state index contributed by atoms with van der Waals surface area (Å²) in [6, 6.07) is 13.4. The van der Waals surface area contributed by atoms with Crippen molar-refractivity contribution in [3.05, 3.63) is 48.0 Å². The van der Waals surface area contributed by atoms with Gasteiger partial charge in [0.25, 0.3) is 0 Å². The molecule has 0 saturated carbocycles. The molecule has 0 bridgehead atoms. The van der Waals surface area contributed by atoms with E-state index >= 15 is 0 Å². The van der Waals surface area contributed by atoms with Crippen LogP contribution in [-0.4, -0.2) is 28.8 Å². The van der Waals surface area contributed by atoms with Crippen molar-refractivity contribution in [2.24, 2.45) is 0 Å². The Morgan fingerprint density at radius 1 is 1.12 bits per heavy atom. The topological polar surface area (TPSA) is 75.6 Å². The molecule has 2 N–H and O–H groups in total. The third-order valence-electron chi connectivity index (χ3n) is 3.44. The third kappa shape index (κ3) is 5.57. The minimum Gasteiger partial charge on any atom is -0.481 e. The molecule has 128 valence electrons. The van der Waals surface area contributed by atoms with E-state index in [0.29, 0.717) is 6.42 Å². The predicted molar refractivity (Wildman–Crippen MR) is 93.1 cm³/mol. The summed E-state index contributed by atoms with van der Waals surface area (Å²) in [6.07, 6.45) is -0.336. The molecule has 5 heteroatoms. The van der Waals surface area contributed by atoms with Crippen molar-refractivity contribution in [1.29, 1.82) is 0 Å². The van der Waals surface area contributed by atoms with Crippen LogP contribution in [0.25, 0.3) is 10.8 Å². The molecular formula is C19H23NO4. The summed E-state index contributed by atoms with van der Waals surface area (Å²) in [6.45, 7) is 5.30. The number of amides is 1.